The van der Waals surface area contributed by atoms with E-state index in [1.54, 1.807) is 28.8 Å². The molecule has 0 amide bonds. The van der Waals surface area contributed by atoms with E-state index in [4.69, 9.17) is 9.83 Å². The number of nitrogens with zero attached hydrogens (tertiary/aromatic N) is 2. The fourth-order valence-electron chi connectivity index (χ4n) is 3.87. The molecule has 0 atom stereocenters. The van der Waals surface area contributed by atoms with Crippen LogP contribution in [0.3, 0.4) is 0 Å². The van der Waals surface area contributed by atoms with Crippen LogP contribution in [0.5, 0.6) is 0 Å². The molecule has 32 heavy (non-hydrogen) atoms. The van der Waals surface area contributed by atoms with Crippen molar-refractivity contribution in [1.29, 1.82) is 5.41 Å². The summed E-state index contributed by atoms with van der Waals surface area (Å²) in [5.41, 5.74) is 2.65. The minimum atomic E-state index is -0.663. The lowest BCUT2D eigenvalue weighted by Gasteiger charge is -2.05. The van der Waals surface area contributed by atoms with Crippen LogP contribution in [-0.2, 0) is 13.1 Å². The summed E-state index contributed by atoms with van der Waals surface area (Å²) >= 11 is 0. The van der Waals surface area contributed by atoms with E-state index in [9.17, 15) is 9.59 Å². The summed E-state index contributed by atoms with van der Waals surface area (Å²) in [7, 11) is 0. The molecule has 2 aromatic heterocycles. The number of fused-ring (bicyclic) bond motifs is 2. The summed E-state index contributed by atoms with van der Waals surface area (Å²) in [6.07, 6.45) is 0. The molecule has 6 nitrogen and oxygen atoms in total. The van der Waals surface area contributed by atoms with Crippen molar-refractivity contribution >= 4 is 44.8 Å². The molecule has 5 rings (SSSR count). The number of carbonyl (C=O) groups is 1. The standard InChI is InChI=1S/C25H19N3O3.BrH/c26-25-27(15-17-8-2-1-3-9-17)20-11-5-6-12-21(20)28(25)16-22(29)19-14-18-10-4-7-13-23(18)31-24(19)30;/h1-14,26H,15-16H2;1H. The van der Waals surface area contributed by atoms with Gasteiger partial charge >= 0.3 is 5.63 Å². The van der Waals surface area contributed by atoms with Crippen molar-refractivity contribution in [2.45, 2.75) is 13.1 Å². The first-order valence-electron chi connectivity index (χ1n) is 9.94. The number of hydrogen-bond acceptors (Lipinski definition) is 4. The predicted octanol–water partition coefficient (Wildman–Crippen LogP) is 4.54. The van der Waals surface area contributed by atoms with Gasteiger partial charge in [0, 0.05) is 5.39 Å². The number of para-hydroxylation sites is 3. The van der Waals surface area contributed by atoms with Crippen molar-refractivity contribution < 1.29 is 9.21 Å². The van der Waals surface area contributed by atoms with Gasteiger partial charge in [0.1, 0.15) is 11.1 Å². The van der Waals surface area contributed by atoms with Crippen LogP contribution in [0.25, 0.3) is 22.0 Å². The first-order chi connectivity index (χ1) is 15.1. The maximum absolute atomic E-state index is 13.1. The zero-order chi connectivity index (χ0) is 21.4. The average Bonchev–Trinajstić information content (AvgIpc) is 3.05. The van der Waals surface area contributed by atoms with E-state index in [1.807, 2.05) is 65.2 Å². The van der Waals surface area contributed by atoms with Gasteiger partial charge in [0.15, 0.2) is 5.78 Å². The van der Waals surface area contributed by atoms with Gasteiger partial charge in [-0.1, -0.05) is 60.7 Å². The second kappa shape index (κ2) is 8.80. The molecule has 0 aliphatic carbocycles. The number of hydrogen-bond donors (Lipinski definition) is 1. The van der Waals surface area contributed by atoms with Crippen molar-refractivity contribution in [3.63, 3.8) is 0 Å². The third kappa shape index (κ3) is 3.83. The second-order valence-corrected chi connectivity index (χ2v) is 7.38. The quantitative estimate of drug-likeness (QED) is 0.290. The van der Waals surface area contributed by atoms with Crippen LogP contribution in [0.1, 0.15) is 15.9 Å². The Morgan fingerprint density at radius 3 is 2.22 bits per heavy atom. The highest BCUT2D eigenvalue weighted by Gasteiger charge is 2.18. The molecule has 0 aliphatic rings. The van der Waals surface area contributed by atoms with Gasteiger partial charge in [-0.2, -0.15) is 0 Å². The Balaban J connectivity index is 0.00000245. The number of aromatic nitrogens is 2. The number of Topliss-reactive ketones (excluding diaryl/α,β-unsaturated/α-hetero) is 1. The van der Waals surface area contributed by atoms with Crippen LogP contribution in [0, 0.1) is 5.41 Å². The molecule has 0 fully saturated rings. The van der Waals surface area contributed by atoms with Crippen molar-refractivity contribution in [3.8, 4) is 0 Å². The number of benzene rings is 3. The lowest BCUT2D eigenvalue weighted by atomic mass is 10.1. The van der Waals surface area contributed by atoms with Crippen LogP contribution < -0.4 is 11.2 Å². The van der Waals surface area contributed by atoms with Gasteiger partial charge in [-0.15, -0.1) is 17.0 Å². The van der Waals surface area contributed by atoms with Gasteiger partial charge in [0.2, 0.25) is 5.62 Å². The Morgan fingerprint density at radius 2 is 1.47 bits per heavy atom. The number of halogens is 1. The zero-order valence-corrected chi connectivity index (χ0v) is 18.7. The van der Waals surface area contributed by atoms with E-state index in [1.165, 1.54) is 0 Å². The van der Waals surface area contributed by atoms with Crippen LogP contribution >= 0.6 is 17.0 Å². The zero-order valence-electron chi connectivity index (χ0n) is 17.0. The molecule has 0 spiro atoms. The lowest BCUT2D eigenvalue weighted by Crippen LogP contribution is -2.29. The number of rotatable bonds is 5. The number of imidazole rings is 1. The van der Waals surface area contributed by atoms with E-state index in [0.717, 1.165) is 16.6 Å². The van der Waals surface area contributed by atoms with Gasteiger partial charge in [-0.25, -0.2) is 4.79 Å². The summed E-state index contributed by atoms with van der Waals surface area (Å²) in [5.74, 6) is -0.388. The monoisotopic (exact) mass is 489 g/mol. The molecular weight excluding hydrogens is 470 g/mol. The van der Waals surface area contributed by atoms with Gasteiger partial charge in [0.05, 0.1) is 24.1 Å². The molecule has 7 heteroatoms. The summed E-state index contributed by atoms with van der Waals surface area (Å²) in [6.45, 7) is 0.393. The fourth-order valence-corrected chi connectivity index (χ4v) is 3.87. The fraction of sp³-hybridized carbons (Fsp3) is 0.0800. The van der Waals surface area contributed by atoms with Crippen molar-refractivity contribution in [2.24, 2.45) is 0 Å². The Kier molecular flexibility index (Phi) is 5.92. The molecule has 1 N–H and O–H groups in total. The first-order valence-corrected chi connectivity index (χ1v) is 9.94. The molecule has 0 aliphatic heterocycles. The molecule has 0 bridgehead atoms. The van der Waals surface area contributed by atoms with Crippen molar-refractivity contribution in [3.05, 3.63) is 112 Å². The highest BCUT2D eigenvalue weighted by molar-refractivity contribution is 8.93. The van der Waals surface area contributed by atoms with E-state index in [0.29, 0.717) is 17.5 Å². The molecule has 5 aromatic rings. The third-order valence-electron chi connectivity index (χ3n) is 5.40. The minimum absolute atomic E-state index is 0. The molecule has 2 heterocycles. The van der Waals surface area contributed by atoms with Crippen LogP contribution in [0.15, 0.2) is 94.1 Å². The summed E-state index contributed by atoms with van der Waals surface area (Å²) in [4.78, 5) is 25.5. The number of ketones is 1. The normalized spacial score (nSPS) is 10.9. The number of nitrogens with one attached hydrogen (secondary N) is 1. The maximum Gasteiger partial charge on any atom is 0.347 e. The Morgan fingerprint density at radius 1 is 0.844 bits per heavy atom. The maximum atomic E-state index is 13.1. The Bertz CT molecular complexity index is 1550. The van der Waals surface area contributed by atoms with E-state index in [-0.39, 0.29) is 40.5 Å². The van der Waals surface area contributed by atoms with E-state index >= 15 is 0 Å². The topological polar surface area (TPSA) is 81.0 Å². The largest absolute Gasteiger partial charge is 0.422 e. The highest BCUT2D eigenvalue weighted by Crippen LogP contribution is 2.17. The van der Waals surface area contributed by atoms with Gasteiger partial charge < -0.3 is 13.6 Å². The average molecular weight is 490 g/mol. The minimum Gasteiger partial charge on any atom is -0.422 e. The van der Waals surface area contributed by atoms with E-state index < -0.39 is 5.63 Å². The molecular formula is C25H20BrN3O3. The summed E-state index contributed by atoms with van der Waals surface area (Å²) < 4.78 is 8.81. The van der Waals surface area contributed by atoms with Gasteiger partial charge in [0.25, 0.3) is 0 Å². The Labute approximate surface area is 193 Å². The summed E-state index contributed by atoms with van der Waals surface area (Å²) in [5, 5.41) is 9.43. The van der Waals surface area contributed by atoms with Gasteiger partial charge in [-0.3, -0.25) is 10.2 Å². The van der Waals surface area contributed by atoms with Crippen LogP contribution in [0.4, 0.5) is 0 Å². The summed E-state index contributed by atoms with van der Waals surface area (Å²) in [6, 6.07) is 26.1. The van der Waals surface area contributed by atoms with Crippen molar-refractivity contribution in [1.82, 2.24) is 9.13 Å². The van der Waals surface area contributed by atoms with Gasteiger partial charge in [-0.05, 0) is 29.8 Å². The van der Waals surface area contributed by atoms with E-state index in [2.05, 4.69) is 0 Å². The molecule has 0 unspecified atom stereocenters. The lowest BCUT2D eigenvalue weighted by molar-refractivity contribution is 0.0968. The molecule has 0 radical (unpaired) electrons. The molecule has 0 saturated heterocycles. The molecule has 3 aromatic carbocycles. The SMILES string of the molecule is Br.N=c1n(CC(=O)c2cc3ccccc3oc2=O)c2ccccc2n1Cc1ccccc1. The Hall–Kier alpha value is -3.71. The predicted molar refractivity (Wildman–Crippen MR) is 128 cm³/mol. The van der Waals surface area contributed by atoms with Crippen LogP contribution in [0.2, 0.25) is 0 Å². The smallest absolute Gasteiger partial charge is 0.347 e. The number of carbonyl (C=O) groups excluding carboxylic acids is 1. The second-order valence-electron chi connectivity index (χ2n) is 7.38. The van der Waals surface area contributed by atoms with Crippen molar-refractivity contribution in [2.75, 3.05) is 0 Å². The third-order valence-corrected chi connectivity index (χ3v) is 5.40. The first kappa shape index (κ1) is 21.5. The highest BCUT2D eigenvalue weighted by atomic mass is 79.9. The molecule has 0 saturated carbocycles. The van der Waals surface area contributed by atoms with Crippen LogP contribution in [-0.4, -0.2) is 14.9 Å². The molecule has 160 valence electrons.